The lowest BCUT2D eigenvalue weighted by Crippen LogP contribution is -2.36. The minimum Gasteiger partial charge on any atom is -0.406 e. The molecule has 1 aliphatic carbocycles. The van der Waals surface area contributed by atoms with Gasteiger partial charge in [-0.25, -0.2) is 4.98 Å². The fourth-order valence-electron chi connectivity index (χ4n) is 6.76. The van der Waals surface area contributed by atoms with Crippen LogP contribution in [0.25, 0.3) is 22.4 Å². The number of benzene rings is 3. The number of morpholine rings is 1. The molecule has 1 amide bonds. The van der Waals surface area contributed by atoms with Crippen molar-refractivity contribution >= 4 is 22.6 Å². The lowest BCUT2D eigenvalue weighted by molar-refractivity contribution is -0.274. The summed E-state index contributed by atoms with van der Waals surface area (Å²) in [6.45, 7) is 4.49. The molecule has 47 heavy (non-hydrogen) atoms. The Morgan fingerprint density at radius 2 is 1.72 bits per heavy atom. The average Bonchev–Trinajstić information content (AvgIpc) is 3.44. The van der Waals surface area contributed by atoms with Crippen LogP contribution in [0.15, 0.2) is 66.7 Å². The summed E-state index contributed by atoms with van der Waals surface area (Å²) in [6.07, 6.45) is 2.22. The number of hydrogen-bond acceptors (Lipinski definition) is 6. The van der Waals surface area contributed by atoms with Gasteiger partial charge in [-0.3, -0.25) is 4.79 Å². The monoisotopic (exact) mass is 649 g/mol. The first-order chi connectivity index (χ1) is 22.7. The number of nitrogens with two attached hydrogens (primary N) is 1. The van der Waals surface area contributed by atoms with Gasteiger partial charge in [-0.15, -0.1) is 13.2 Å². The summed E-state index contributed by atoms with van der Waals surface area (Å²) in [4.78, 5) is 19.5. The van der Waals surface area contributed by atoms with Gasteiger partial charge in [-0.05, 0) is 91.4 Å². The Morgan fingerprint density at radius 1 is 1.00 bits per heavy atom. The number of primary amides is 1. The summed E-state index contributed by atoms with van der Waals surface area (Å²) in [5.74, 6) is 0.794. The molecule has 1 saturated carbocycles. The van der Waals surface area contributed by atoms with E-state index in [1.807, 2.05) is 18.2 Å². The van der Waals surface area contributed by atoms with E-state index < -0.39 is 6.36 Å². The zero-order chi connectivity index (χ0) is 32.8. The van der Waals surface area contributed by atoms with Crippen molar-refractivity contribution in [1.29, 1.82) is 0 Å². The van der Waals surface area contributed by atoms with Gasteiger partial charge in [-0.2, -0.15) is 0 Å². The summed E-state index contributed by atoms with van der Waals surface area (Å²) in [5.41, 5.74) is 11.3. The maximum Gasteiger partial charge on any atom is 0.573 e. The smallest absolute Gasteiger partial charge is 0.406 e. The number of anilines is 1. The fourth-order valence-corrected chi connectivity index (χ4v) is 6.76. The van der Waals surface area contributed by atoms with Crippen LogP contribution in [0.5, 0.6) is 5.75 Å². The van der Waals surface area contributed by atoms with Crippen molar-refractivity contribution < 1.29 is 27.4 Å². The molecule has 1 saturated heterocycles. The van der Waals surface area contributed by atoms with Crippen LogP contribution in [0.1, 0.15) is 55.7 Å². The number of alkyl halides is 3. The Hall–Kier alpha value is -4.09. The van der Waals surface area contributed by atoms with Crippen LogP contribution in [0.3, 0.4) is 0 Å². The Balaban J connectivity index is 1.29. The van der Waals surface area contributed by atoms with Crippen LogP contribution in [0.4, 0.5) is 18.9 Å². The van der Waals surface area contributed by atoms with Crippen LogP contribution < -0.4 is 20.7 Å². The maximum absolute atomic E-state index is 12.7. The number of ether oxygens (including phenoxy) is 2. The van der Waals surface area contributed by atoms with E-state index in [2.05, 4.69) is 43.8 Å². The minimum atomic E-state index is -4.73. The summed E-state index contributed by atoms with van der Waals surface area (Å²) in [6, 6.07) is 20.3. The van der Waals surface area contributed by atoms with Crippen LogP contribution in [0.2, 0.25) is 0 Å². The first-order valence-corrected chi connectivity index (χ1v) is 16.5. The Labute approximate surface area is 273 Å². The first kappa shape index (κ1) is 32.8. The second kappa shape index (κ2) is 14.8. The quantitative estimate of drug-likeness (QED) is 0.176. The highest BCUT2D eigenvalue weighted by Crippen LogP contribution is 2.31. The molecule has 3 aromatic carbocycles. The SMILES string of the molecule is NC(=O)CC(NCC1CCCCC1)c1ccc2c(c1)nc(-c1ccc(N3CCOCC3)cc1)n2CCc1ccc(OC(F)(F)F)cc1. The normalized spacial score (nSPS) is 16.8. The molecular formula is C36H42F3N5O3. The number of imidazole rings is 1. The summed E-state index contributed by atoms with van der Waals surface area (Å²) >= 11 is 0. The van der Waals surface area contributed by atoms with E-state index in [1.165, 1.54) is 44.2 Å². The Morgan fingerprint density at radius 3 is 2.40 bits per heavy atom. The number of carbonyl (C=O) groups is 1. The van der Waals surface area contributed by atoms with Gasteiger partial charge in [0.05, 0.1) is 24.2 Å². The highest BCUT2D eigenvalue weighted by atomic mass is 19.4. The zero-order valence-electron chi connectivity index (χ0n) is 26.5. The van der Waals surface area contributed by atoms with E-state index >= 15 is 0 Å². The third-order valence-corrected chi connectivity index (χ3v) is 9.24. The van der Waals surface area contributed by atoms with Crippen molar-refractivity contribution in [1.82, 2.24) is 14.9 Å². The van der Waals surface area contributed by atoms with E-state index in [-0.39, 0.29) is 24.1 Å². The number of nitrogens with one attached hydrogen (secondary N) is 1. The molecule has 6 rings (SSSR count). The Kier molecular flexibility index (Phi) is 10.3. The topological polar surface area (TPSA) is 94.6 Å². The first-order valence-electron chi connectivity index (χ1n) is 16.5. The summed E-state index contributed by atoms with van der Waals surface area (Å²) in [5, 5.41) is 3.63. The van der Waals surface area contributed by atoms with Crippen LogP contribution in [-0.2, 0) is 22.5 Å². The number of nitrogens with zero attached hydrogens (tertiary/aromatic N) is 3. The molecule has 2 fully saturated rings. The van der Waals surface area contributed by atoms with Crippen LogP contribution in [0, 0.1) is 5.92 Å². The highest BCUT2D eigenvalue weighted by molar-refractivity contribution is 5.82. The van der Waals surface area contributed by atoms with Crippen molar-refractivity contribution in [2.75, 3.05) is 37.7 Å². The van der Waals surface area contributed by atoms with E-state index in [4.69, 9.17) is 15.5 Å². The van der Waals surface area contributed by atoms with Gasteiger partial charge in [0.2, 0.25) is 5.91 Å². The molecule has 1 unspecified atom stereocenters. The second-order valence-corrected chi connectivity index (χ2v) is 12.6. The fraction of sp³-hybridized carbons (Fsp3) is 0.444. The van der Waals surface area contributed by atoms with Gasteiger partial charge in [0.15, 0.2) is 0 Å². The predicted molar refractivity (Wildman–Crippen MR) is 176 cm³/mol. The molecule has 250 valence electrons. The summed E-state index contributed by atoms with van der Waals surface area (Å²) in [7, 11) is 0. The van der Waals surface area contributed by atoms with Crippen molar-refractivity contribution in [3.8, 4) is 17.1 Å². The minimum absolute atomic E-state index is 0.197. The molecule has 0 bridgehead atoms. The van der Waals surface area contributed by atoms with Gasteiger partial charge in [0, 0.05) is 43.3 Å². The molecule has 1 aromatic heterocycles. The molecule has 0 radical (unpaired) electrons. The number of rotatable bonds is 12. The molecule has 0 spiro atoms. The largest absolute Gasteiger partial charge is 0.573 e. The molecule has 1 atom stereocenters. The number of carbonyl (C=O) groups excluding carboxylic acids is 1. The van der Waals surface area contributed by atoms with Crippen molar-refractivity contribution in [2.24, 2.45) is 11.7 Å². The lowest BCUT2D eigenvalue weighted by Gasteiger charge is -2.28. The van der Waals surface area contributed by atoms with Crippen LogP contribution in [-0.4, -0.2) is 54.7 Å². The van der Waals surface area contributed by atoms with Gasteiger partial charge in [0.1, 0.15) is 11.6 Å². The molecule has 4 aromatic rings. The van der Waals surface area contributed by atoms with Gasteiger partial charge in [0.25, 0.3) is 0 Å². The van der Waals surface area contributed by atoms with Gasteiger partial charge < -0.3 is 30.0 Å². The maximum atomic E-state index is 12.7. The second-order valence-electron chi connectivity index (χ2n) is 12.6. The number of aromatic nitrogens is 2. The van der Waals surface area contributed by atoms with Crippen molar-refractivity contribution in [2.45, 2.75) is 63.9 Å². The lowest BCUT2D eigenvalue weighted by atomic mass is 9.89. The predicted octanol–water partition coefficient (Wildman–Crippen LogP) is 6.77. The zero-order valence-corrected chi connectivity index (χ0v) is 26.5. The number of amides is 1. The standard InChI is InChI=1S/C36H42F3N5O3/c37-36(38,39)47-30-13-6-25(7-14-30)16-17-44-33-15-10-28(31(23-34(40)45)41-24-26-4-2-1-3-5-26)22-32(33)42-35(44)27-8-11-29(12-9-27)43-18-20-46-21-19-43/h6-15,22,26,31,41H,1-5,16-21,23-24H2,(H2,40,45). The van der Waals surface area contributed by atoms with E-state index in [1.54, 1.807) is 12.1 Å². The van der Waals surface area contributed by atoms with E-state index in [0.717, 1.165) is 58.9 Å². The average molecular weight is 650 g/mol. The molecule has 2 heterocycles. The highest BCUT2D eigenvalue weighted by Gasteiger charge is 2.31. The molecular weight excluding hydrogens is 607 g/mol. The van der Waals surface area contributed by atoms with Crippen LogP contribution >= 0.6 is 0 Å². The third-order valence-electron chi connectivity index (χ3n) is 9.24. The number of aryl methyl sites for hydroxylation is 2. The molecule has 11 heteroatoms. The molecule has 2 aliphatic rings. The molecule has 1 aliphatic heterocycles. The Bertz CT molecular complexity index is 1630. The molecule has 3 N–H and O–H groups in total. The van der Waals surface area contributed by atoms with Crippen molar-refractivity contribution in [3.05, 3.63) is 77.9 Å². The van der Waals surface area contributed by atoms with Gasteiger partial charge >= 0.3 is 6.36 Å². The number of halogens is 3. The van der Waals surface area contributed by atoms with E-state index in [9.17, 15) is 18.0 Å². The van der Waals surface area contributed by atoms with E-state index in [0.29, 0.717) is 32.1 Å². The number of hydrogen-bond donors (Lipinski definition) is 2. The van der Waals surface area contributed by atoms with Gasteiger partial charge in [-0.1, -0.05) is 37.5 Å². The molecule has 8 nitrogen and oxygen atoms in total. The summed E-state index contributed by atoms with van der Waals surface area (Å²) < 4.78 is 49.7. The third kappa shape index (κ3) is 8.64. The number of fused-ring (bicyclic) bond motifs is 1. The van der Waals surface area contributed by atoms with Crippen molar-refractivity contribution in [3.63, 3.8) is 0 Å².